The Morgan fingerprint density at radius 3 is 2.84 bits per heavy atom. The van der Waals surface area contributed by atoms with E-state index < -0.39 is 5.54 Å². The van der Waals surface area contributed by atoms with Gasteiger partial charge in [0.15, 0.2) is 0 Å². The molecule has 31 heavy (non-hydrogen) atoms. The Kier molecular flexibility index (Phi) is 4.70. The molecule has 1 aliphatic carbocycles. The van der Waals surface area contributed by atoms with Gasteiger partial charge in [-0.1, -0.05) is 6.07 Å². The Bertz CT molecular complexity index is 1350. The number of aromatic nitrogens is 5. The second-order valence-corrected chi connectivity index (χ2v) is 8.80. The van der Waals surface area contributed by atoms with Gasteiger partial charge in [-0.3, -0.25) is 4.98 Å². The molecule has 3 heterocycles. The minimum atomic E-state index is -0.521. The fraction of sp³-hybridized carbons (Fsp3) is 0.273. The van der Waals surface area contributed by atoms with E-state index in [1.54, 1.807) is 23.4 Å². The molecule has 0 amide bonds. The van der Waals surface area contributed by atoms with Gasteiger partial charge in [-0.05, 0) is 36.6 Å². The van der Waals surface area contributed by atoms with Crippen molar-refractivity contribution in [3.05, 3.63) is 47.9 Å². The summed E-state index contributed by atoms with van der Waals surface area (Å²) in [5.74, 6) is -0.0665. The van der Waals surface area contributed by atoms with Gasteiger partial charge >= 0.3 is 0 Å². The highest BCUT2D eigenvalue weighted by Gasteiger charge is 2.48. The van der Waals surface area contributed by atoms with Crippen molar-refractivity contribution in [3.63, 3.8) is 0 Å². The van der Waals surface area contributed by atoms with Crippen LogP contribution in [-0.4, -0.2) is 30.1 Å². The third-order valence-electron chi connectivity index (χ3n) is 5.73. The van der Waals surface area contributed by atoms with Gasteiger partial charge in [-0.25, -0.2) is 4.98 Å². The van der Waals surface area contributed by atoms with Crippen molar-refractivity contribution >= 4 is 22.2 Å². The predicted octanol–water partition coefficient (Wildman–Crippen LogP) is 3.65. The third kappa shape index (κ3) is 3.25. The highest BCUT2D eigenvalue weighted by atomic mass is 32.1. The highest BCUT2D eigenvalue weighted by molar-refractivity contribution is 7.15. The molecule has 1 N–H and O–H groups in total. The lowest BCUT2D eigenvalue weighted by Gasteiger charge is -2.42. The van der Waals surface area contributed by atoms with Crippen molar-refractivity contribution in [3.8, 4) is 33.8 Å². The van der Waals surface area contributed by atoms with Crippen molar-refractivity contribution in [2.45, 2.75) is 31.4 Å². The van der Waals surface area contributed by atoms with E-state index in [2.05, 4.69) is 27.2 Å². The predicted molar refractivity (Wildman–Crippen MR) is 114 cm³/mol. The van der Waals surface area contributed by atoms with Gasteiger partial charge in [0, 0.05) is 23.3 Å². The molecule has 1 saturated carbocycles. The third-order valence-corrected chi connectivity index (χ3v) is 6.76. The number of thiazole rings is 1. The monoisotopic (exact) mass is 427 g/mol. The summed E-state index contributed by atoms with van der Waals surface area (Å²) < 4.78 is 0. The molecule has 5 rings (SSSR count). The molecule has 0 bridgehead atoms. The van der Waals surface area contributed by atoms with Crippen molar-refractivity contribution in [2.75, 3.05) is 0 Å². The summed E-state index contributed by atoms with van der Waals surface area (Å²) in [6, 6.07) is 12.4. The van der Waals surface area contributed by atoms with Gasteiger partial charge in [0.1, 0.15) is 10.7 Å². The molecule has 4 aromatic rings. The minimum Gasteiger partial charge on any atom is -0.389 e. The van der Waals surface area contributed by atoms with Crippen LogP contribution in [0.2, 0.25) is 0 Å². The minimum absolute atomic E-state index is 0.0665. The van der Waals surface area contributed by atoms with Gasteiger partial charge in [0.2, 0.25) is 0 Å². The summed E-state index contributed by atoms with van der Waals surface area (Å²) >= 11 is 1.43. The van der Waals surface area contributed by atoms with Crippen LogP contribution in [0.5, 0.6) is 0 Å². The fourth-order valence-electron chi connectivity index (χ4n) is 4.14. The zero-order chi connectivity index (χ0) is 21.4. The molecule has 0 radical (unpaired) electrons. The van der Waals surface area contributed by atoms with Crippen LogP contribution in [0.15, 0.2) is 42.9 Å². The van der Waals surface area contributed by atoms with E-state index in [9.17, 15) is 15.6 Å². The molecular formula is C22H17N7OS. The first-order valence-corrected chi connectivity index (χ1v) is 10.6. The SMILES string of the molecule is N#CC[C@]1(n2ncc(-c3cc(-c4cnc(CO)s4)cc4ncccc34)n2)C[C@H](C#N)C1. The quantitative estimate of drug-likeness (QED) is 0.515. The summed E-state index contributed by atoms with van der Waals surface area (Å²) in [7, 11) is 0. The number of fused-ring (bicyclic) bond motifs is 1. The normalized spacial score (nSPS) is 20.2. The summed E-state index contributed by atoms with van der Waals surface area (Å²) in [4.78, 5) is 11.3. The van der Waals surface area contributed by atoms with Gasteiger partial charge in [-0.15, -0.1) is 11.3 Å². The molecule has 0 spiro atoms. The van der Waals surface area contributed by atoms with Gasteiger partial charge in [-0.2, -0.15) is 25.5 Å². The number of hydrogen-bond donors (Lipinski definition) is 1. The second-order valence-electron chi connectivity index (χ2n) is 7.68. The Morgan fingerprint density at radius 1 is 1.23 bits per heavy atom. The second kappa shape index (κ2) is 7.55. The number of pyridine rings is 1. The molecule has 0 aliphatic heterocycles. The largest absolute Gasteiger partial charge is 0.389 e. The van der Waals surface area contributed by atoms with Crippen LogP contribution in [0.4, 0.5) is 0 Å². The van der Waals surface area contributed by atoms with E-state index in [1.165, 1.54) is 11.3 Å². The number of benzene rings is 1. The lowest BCUT2D eigenvalue weighted by molar-refractivity contribution is 0.0713. The van der Waals surface area contributed by atoms with E-state index in [0.717, 1.165) is 26.9 Å². The fourth-order valence-corrected chi connectivity index (χ4v) is 4.91. The Morgan fingerprint density at radius 2 is 2.10 bits per heavy atom. The maximum atomic E-state index is 9.36. The zero-order valence-electron chi connectivity index (χ0n) is 16.4. The first kappa shape index (κ1) is 19.3. The van der Waals surface area contributed by atoms with Crippen LogP contribution < -0.4 is 0 Å². The van der Waals surface area contributed by atoms with E-state index in [4.69, 9.17) is 5.10 Å². The number of hydrogen-bond acceptors (Lipinski definition) is 8. The van der Waals surface area contributed by atoms with Crippen molar-refractivity contribution < 1.29 is 5.11 Å². The summed E-state index contributed by atoms with van der Waals surface area (Å²) in [5, 5.41) is 38.7. The van der Waals surface area contributed by atoms with E-state index in [0.29, 0.717) is 23.5 Å². The molecule has 0 saturated heterocycles. The van der Waals surface area contributed by atoms with Crippen molar-refractivity contribution in [1.29, 1.82) is 10.5 Å². The van der Waals surface area contributed by atoms with Crippen LogP contribution in [0.1, 0.15) is 24.3 Å². The average molecular weight is 427 g/mol. The van der Waals surface area contributed by atoms with E-state index in [-0.39, 0.29) is 18.9 Å². The molecular weight excluding hydrogens is 410 g/mol. The molecule has 0 unspecified atom stereocenters. The van der Waals surface area contributed by atoms with Crippen LogP contribution in [0.25, 0.3) is 32.6 Å². The molecule has 1 fully saturated rings. The van der Waals surface area contributed by atoms with Crippen LogP contribution in [0, 0.1) is 28.6 Å². The molecule has 152 valence electrons. The number of rotatable bonds is 5. The Hall–Kier alpha value is -3.66. The zero-order valence-corrected chi connectivity index (χ0v) is 17.2. The Balaban J connectivity index is 1.61. The number of aliphatic hydroxyl groups is 1. The summed E-state index contributed by atoms with van der Waals surface area (Å²) in [6.45, 7) is -0.0949. The van der Waals surface area contributed by atoms with Gasteiger partial charge < -0.3 is 5.11 Å². The first-order chi connectivity index (χ1) is 15.2. The smallest absolute Gasteiger partial charge is 0.119 e. The molecule has 9 heteroatoms. The molecule has 0 atom stereocenters. The first-order valence-electron chi connectivity index (χ1n) is 9.80. The molecule has 3 aromatic heterocycles. The molecule has 1 aromatic carbocycles. The maximum absolute atomic E-state index is 9.36. The van der Waals surface area contributed by atoms with Crippen LogP contribution in [-0.2, 0) is 12.1 Å². The van der Waals surface area contributed by atoms with Crippen molar-refractivity contribution in [1.82, 2.24) is 25.0 Å². The molecule has 8 nitrogen and oxygen atoms in total. The number of aliphatic hydroxyl groups excluding tert-OH is 1. The van der Waals surface area contributed by atoms with Crippen molar-refractivity contribution in [2.24, 2.45) is 5.92 Å². The number of nitriles is 2. The number of nitrogens with zero attached hydrogens (tertiary/aromatic N) is 7. The van der Waals surface area contributed by atoms with E-state index >= 15 is 0 Å². The topological polar surface area (TPSA) is 124 Å². The maximum Gasteiger partial charge on any atom is 0.119 e. The Labute approximate surface area is 182 Å². The summed E-state index contributed by atoms with van der Waals surface area (Å²) in [6.07, 6.45) is 6.63. The van der Waals surface area contributed by atoms with Crippen LogP contribution in [0.3, 0.4) is 0 Å². The van der Waals surface area contributed by atoms with Gasteiger partial charge in [0.25, 0.3) is 0 Å². The van der Waals surface area contributed by atoms with E-state index in [1.807, 2.05) is 24.3 Å². The van der Waals surface area contributed by atoms with Crippen LogP contribution >= 0.6 is 11.3 Å². The highest BCUT2D eigenvalue weighted by Crippen LogP contribution is 2.45. The average Bonchev–Trinajstić information content (AvgIpc) is 3.45. The standard InChI is InChI=1S/C22H17N7OS/c23-4-3-22(8-14(9-22)10-24)29-27-11-19(28-29)17-6-15(20-12-26-21(13-30)31-20)7-18-16(17)2-1-5-25-18/h1-2,5-7,11-12,14,30H,3,8-9,13H2/t14-,22-. The lowest BCUT2D eigenvalue weighted by Crippen LogP contribution is -2.47. The summed E-state index contributed by atoms with van der Waals surface area (Å²) in [5.41, 5.74) is 2.81. The lowest BCUT2D eigenvalue weighted by atomic mass is 9.68. The molecule has 1 aliphatic rings. The van der Waals surface area contributed by atoms with Gasteiger partial charge in [0.05, 0.1) is 53.2 Å².